The number of aromatic amines is 1. The Kier molecular flexibility index (Phi) is 4.95. The molecule has 0 saturated carbocycles. The maximum atomic E-state index is 12.3. The number of carbonyl (C=O) groups is 1. The van der Waals surface area contributed by atoms with Crippen LogP contribution < -0.4 is 10.9 Å². The molecule has 20 heavy (non-hydrogen) atoms. The largest absolute Gasteiger partial charge is 0.340 e. The molecule has 0 saturated heterocycles. The van der Waals surface area contributed by atoms with Gasteiger partial charge in [0.15, 0.2) is 0 Å². The first-order valence-corrected chi connectivity index (χ1v) is 7.28. The van der Waals surface area contributed by atoms with E-state index in [4.69, 9.17) is 0 Å². The predicted octanol–water partition coefficient (Wildman–Crippen LogP) is 0.935. The number of carbonyl (C=O) groups excluding carboxylic acids is 1. The highest BCUT2D eigenvalue weighted by Gasteiger charge is 2.18. The quantitative estimate of drug-likeness (QED) is 0.805. The molecule has 1 amide bonds. The first-order chi connectivity index (χ1) is 9.63. The molecule has 0 unspecified atom stereocenters. The van der Waals surface area contributed by atoms with Gasteiger partial charge in [-0.2, -0.15) is 0 Å². The second-order valence-electron chi connectivity index (χ2n) is 5.41. The van der Waals surface area contributed by atoms with Crippen molar-refractivity contribution >= 4 is 5.91 Å². The smallest absolute Gasteiger partial charge is 0.261 e. The normalized spacial score (nSPS) is 14.5. The zero-order valence-corrected chi connectivity index (χ0v) is 12.3. The van der Waals surface area contributed by atoms with Gasteiger partial charge in [0, 0.05) is 25.8 Å². The van der Waals surface area contributed by atoms with Crippen molar-refractivity contribution in [3.8, 4) is 0 Å². The molecule has 2 N–H and O–H groups in total. The Hall–Kier alpha value is -1.62. The van der Waals surface area contributed by atoms with Crippen molar-refractivity contribution in [3.05, 3.63) is 33.2 Å². The number of rotatable bonds is 4. The van der Waals surface area contributed by atoms with Crippen LogP contribution in [0.4, 0.5) is 0 Å². The maximum Gasteiger partial charge on any atom is 0.261 e. The van der Waals surface area contributed by atoms with Gasteiger partial charge in [-0.25, -0.2) is 0 Å². The van der Waals surface area contributed by atoms with Crippen molar-refractivity contribution in [2.45, 2.75) is 32.1 Å². The van der Waals surface area contributed by atoms with Gasteiger partial charge in [-0.1, -0.05) is 6.42 Å². The van der Waals surface area contributed by atoms with Crippen LogP contribution in [0, 0.1) is 0 Å². The number of nitrogens with zero attached hydrogens (tertiary/aromatic N) is 1. The number of likely N-dealkylation sites (N-methyl/N-ethyl adjacent to an activating group) is 2. The van der Waals surface area contributed by atoms with Crippen molar-refractivity contribution in [2.75, 3.05) is 27.2 Å². The molecular weight excluding hydrogens is 254 g/mol. The highest BCUT2D eigenvalue weighted by Crippen LogP contribution is 2.18. The maximum absolute atomic E-state index is 12.3. The van der Waals surface area contributed by atoms with Crippen LogP contribution in [0.5, 0.6) is 0 Å². The lowest BCUT2D eigenvalue weighted by Crippen LogP contribution is -2.36. The highest BCUT2D eigenvalue weighted by atomic mass is 16.2. The van der Waals surface area contributed by atoms with Crippen LogP contribution in [-0.4, -0.2) is 43.0 Å². The van der Waals surface area contributed by atoms with Crippen LogP contribution in [0.15, 0.2) is 10.9 Å². The summed E-state index contributed by atoms with van der Waals surface area (Å²) in [5.41, 5.74) is 2.16. The Labute approximate surface area is 119 Å². The fourth-order valence-electron chi connectivity index (χ4n) is 2.60. The van der Waals surface area contributed by atoms with E-state index in [1.165, 1.54) is 6.42 Å². The van der Waals surface area contributed by atoms with E-state index in [0.717, 1.165) is 36.9 Å². The van der Waals surface area contributed by atoms with Gasteiger partial charge in [-0.15, -0.1) is 0 Å². The van der Waals surface area contributed by atoms with Crippen molar-refractivity contribution < 1.29 is 4.79 Å². The summed E-state index contributed by atoms with van der Waals surface area (Å²) in [7, 11) is 3.57. The number of hydrogen-bond donors (Lipinski definition) is 2. The Morgan fingerprint density at radius 3 is 2.85 bits per heavy atom. The molecule has 2 rings (SSSR count). The summed E-state index contributed by atoms with van der Waals surface area (Å²) in [5.74, 6) is -0.200. The molecule has 0 fully saturated rings. The second-order valence-corrected chi connectivity index (χ2v) is 5.41. The molecule has 5 nitrogen and oxygen atoms in total. The average molecular weight is 277 g/mol. The predicted molar refractivity (Wildman–Crippen MR) is 79.2 cm³/mol. The van der Waals surface area contributed by atoms with Gasteiger partial charge in [-0.3, -0.25) is 9.59 Å². The average Bonchev–Trinajstić information content (AvgIpc) is 2.67. The molecule has 0 bridgehead atoms. The van der Waals surface area contributed by atoms with E-state index < -0.39 is 0 Å². The minimum atomic E-state index is -0.257. The molecule has 0 aliphatic heterocycles. The number of amides is 1. The number of nitrogens with one attached hydrogen (secondary N) is 2. The number of hydrogen-bond acceptors (Lipinski definition) is 3. The zero-order chi connectivity index (χ0) is 14.5. The minimum absolute atomic E-state index is 0.200. The van der Waals surface area contributed by atoms with E-state index in [1.54, 1.807) is 18.0 Å². The summed E-state index contributed by atoms with van der Waals surface area (Å²) in [6, 6.07) is 1.80. The molecule has 0 atom stereocenters. The van der Waals surface area contributed by atoms with Gasteiger partial charge >= 0.3 is 0 Å². The molecule has 1 aliphatic rings. The van der Waals surface area contributed by atoms with Crippen molar-refractivity contribution in [1.29, 1.82) is 0 Å². The van der Waals surface area contributed by atoms with E-state index >= 15 is 0 Å². The third-order valence-corrected chi connectivity index (χ3v) is 3.86. The molecule has 0 spiro atoms. The molecule has 1 aromatic rings. The van der Waals surface area contributed by atoms with Gasteiger partial charge in [0.2, 0.25) is 0 Å². The van der Waals surface area contributed by atoms with Gasteiger partial charge in [0.05, 0.1) is 0 Å². The first kappa shape index (κ1) is 14.8. The molecule has 1 aromatic heterocycles. The molecule has 0 aromatic carbocycles. The van der Waals surface area contributed by atoms with E-state index in [2.05, 4.69) is 10.3 Å². The summed E-state index contributed by atoms with van der Waals surface area (Å²) < 4.78 is 0. The second kappa shape index (κ2) is 6.70. The summed E-state index contributed by atoms with van der Waals surface area (Å²) in [6.07, 6.45) is 5.28. The lowest BCUT2D eigenvalue weighted by molar-refractivity contribution is 0.0795. The number of fused-ring (bicyclic) bond motifs is 1. The minimum Gasteiger partial charge on any atom is -0.340 e. The Bertz CT molecular complexity index is 536. The number of aryl methyl sites for hydroxylation is 2. The summed E-state index contributed by atoms with van der Waals surface area (Å²) in [5, 5.41) is 3.00. The van der Waals surface area contributed by atoms with Crippen molar-refractivity contribution in [1.82, 2.24) is 15.2 Å². The van der Waals surface area contributed by atoms with Crippen LogP contribution in [-0.2, 0) is 12.8 Å². The van der Waals surface area contributed by atoms with Crippen molar-refractivity contribution in [3.63, 3.8) is 0 Å². The lowest BCUT2D eigenvalue weighted by Gasteiger charge is -2.17. The molecule has 110 valence electrons. The summed E-state index contributed by atoms with van der Waals surface area (Å²) >= 11 is 0. The van der Waals surface area contributed by atoms with Gasteiger partial charge < -0.3 is 15.2 Å². The number of H-pyrrole nitrogens is 1. The van der Waals surface area contributed by atoms with Crippen LogP contribution in [0.2, 0.25) is 0 Å². The zero-order valence-electron chi connectivity index (χ0n) is 12.3. The van der Waals surface area contributed by atoms with E-state index in [9.17, 15) is 9.59 Å². The molecule has 1 aliphatic carbocycles. The molecule has 0 radical (unpaired) electrons. The molecule has 5 heteroatoms. The van der Waals surface area contributed by atoms with E-state index in [1.807, 2.05) is 7.05 Å². The van der Waals surface area contributed by atoms with Gasteiger partial charge in [0.1, 0.15) is 5.56 Å². The van der Waals surface area contributed by atoms with Gasteiger partial charge in [0.25, 0.3) is 11.5 Å². The fraction of sp³-hybridized carbons (Fsp3) is 0.600. The Balaban J connectivity index is 2.25. The van der Waals surface area contributed by atoms with Crippen LogP contribution in [0.1, 0.15) is 40.9 Å². The Morgan fingerprint density at radius 1 is 1.35 bits per heavy atom. The van der Waals surface area contributed by atoms with E-state index in [-0.39, 0.29) is 17.0 Å². The molecular formula is C15H23N3O2. The topological polar surface area (TPSA) is 65.2 Å². The monoisotopic (exact) mass is 277 g/mol. The van der Waals surface area contributed by atoms with Crippen molar-refractivity contribution in [2.24, 2.45) is 0 Å². The number of aromatic nitrogens is 1. The Morgan fingerprint density at radius 2 is 2.10 bits per heavy atom. The first-order valence-electron chi connectivity index (χ1n) is 7.28. The SMILES string of the molecule is CNCCN(C)C(=O)c1cc2c([nH]c1=O)CCCCC2. The third-order valence-electron chi connectivity index (χ3n) is 3.86. The van der Waals surface area contributed by atoms with Crippen LogP contribution in [0.25, 0.3) is 0 Å². The third kappa shape index (κ3) is 3.28. The van der Waals surface area contributed by atoms with Gasteiger partial charge in [-0.05, 0) is 44.4 Å². The fourth-order valence-corrected chi connectivity index (χ4v) is 2.60. The summed E-state index contributed by atoms with van der Waals surface area (Å²) in [6.45, 7) is 1.30. The molecule has 1 heterocycles. The lowest BCUT2D eigenvalue weighted by atomic mass is 10.1. The number of pyridine rings is 1. The standard InChI is InChI=1S/C15H23N3O2/c1-16-8-9-18(2)15(20)12-10-11-6-4-3-5-7-13(11)17-14(12)19/h10,16H,3-9H2,1-2H3,(H,17,19). The van der Waals surface area contributed by atoms with Crippen LogP contribution in [0.3, 0.4) is 0 Å². The van der Waals surface area contributed by atoms with Crippen LogP contribution >= 0.6 is 0 Å². The highest BCUT2D eigenvalue weighted by molar-refractivity contribution is 5.93. The van der Waals surface area contributed by atoms with E-state index in [0.29, 0.717) is 13.1 Å². The summed E-state index contributed by atoms with van der Waals surface area (Å²) in [4.78, 5) is 28.9.